The fourth-order valence-corrected chi connectivity index (χ4v) is 6.57. The highest BCUT2D eigenvalue weighted by molar-refractivity contribution is 7.89. The lowest BCUT2D eigenvalue weighted by Crippen LogP contribution is -2.50. The molecule has 0 bridgehead atoms. The number of ether oxygens (including phenoxy) is 1. The van der Waals surface area contributed by atoms with Crippen molar-refractivity contribution < 1.29 is 27.9 Å². The monoisotopic (exact) mass is 591 g/mol. The van der Waals surface area contributed by atoms with Crippen molar-refractivity contribution in [2.75, 3.05) is 32.1 Å². The van der Waals surface area contributed by atoms with E-state index in [2.05, 4.69) is 5.32 Å². The molecule has 0 spiro atoms. The minimum atomic E-state index is -3.83. The molecule has 9 nitrogen and oxygen atoms in total. The summed E-state index contributed by atoms with van der Waals surface area (Å²) in [5.74, 6) is -0.390. The Morgan fingerprint density at radius 2 is 1.85 bits per heavy atom. The van der Waals surface area contributed by atoms with E-state index in [4.69, 9.17) is 16.3 Å². The molecule has 2 aromatic rings. The highest BCUT2D eigenvalue weighted by Crippen LogP contribution is 2.32. The van der Waals surface area contributed by atoms with Crippen molar-refractivity contribution in [2.24, 2.45) is 11.8 Å². The minimum Gasteiger partial charge on any atom is -0.488 e. The standard InChI is InChI=1S/C29H38ClN3O6S/c1-19-16-33(20(2)18-34)29(36)25-15-23(31-28(35)21-7-5-4-6-8-21)11-14-26(25)39-27(19)17-32(3)40(37,38)24-12-9-22(30)10-13-24/h9-15,19-21,27,34H,4-8,16-18H2,1-3H3,(H,31,35)/t19-,20+,27-/m0/s1. The van der Waals surface area contributed by atoms with Gasteiger partial charge in [-0.15, -0.1) is 0 Å². The summed E-state index contributed by atoms with van der Waals surface area (Å²) < 4.78 is 34.1. The van der Waals surface area contributed by atoms with Gasteiger partial charge in [-0.2, -0.15) is 4.31 Å². The topological polar surface area (TPSA) is 116 Å². The van der Waals surface area contributed by atoms with Crippen LogP contribution in [0, 0.1) is 11.8 Å². The summed E-state index contributed by atoms with van der Waals surface area (Å²) in [7, 11) is -2.34. The molecule has 218 valence electrons. The maximum absolute atomic E-state index is 13.7. The maximum atomic E-state index is 13.7. The van der Waals surface area contributed by atoms with Gasteiger partial charge in [0.2, 0.25) is 15.9 Å². The van der Waals surface area contributed by atoms with Gasteiger partial charge >= 0.3 is 0 Å². The number of fused-ring (bicyclic) bond motifs is 1. The molecule has 4 rings (SSSR count). The first kappa shape index (κ1) is 30.3. The second-order valence-corrected chi connectivity index (χ2v) is 13.4. The number of aliphatic hydroxyl groups excluding tert-OH is 1. The highest BCUT2D eigenvalue weighted by atomic mass is 35.5. The summed E-state index contributed by atoms with van der Waals surface area (Å²) in [5.41, 5.74) is 0.748. The van der Waals surface area contributed by atoms with Crippen molar-refractivity contribution in [1.29, 1.82) is 0 Å². The smallest absolute Gasteiger partial charge is 0.258 e. The van der Waals surface area contributed by atoms with Crippen LogP contribution in [0.4, 0.5) is 5.69 Å². The van der Waals surface area contributed by atoms with Crippen LogP contribution in [-0.2, 0) is 14.8 Å². The van der Waals surface area contributed by atoms with Crippen LogP contribution in [0.25, 0.3) is 0 Å². The van der Waals surface area contributed by atoms with Crippen molar-refractivity contribution >= 4 is 39.1 Å². The summed E-state index contributed by atoms with van der Waals surface area (Å²) in [6.07, 6.45) is 4.31. The Kier molecular flexibility index (Phi) is 9.76. The summed E-state index contributed by atoms with van der Waals surface area (Å²) in [6.45, 7) is 3.69. The van der Waals surface area contributed by atoms with Crippen molar-refractivity contribution in [2.45, 2.75) is 63.0 Å². The van der Waals surface area contributed by atoms with Gasteiger partial charge in [-0.05, 0) is 62.2 Å². The average Bonchev–Trinajstić information content (AvgIpc) is 2.95. The molecule has 3 atom stereocenters. The van der Waals surface area contributed by atoms with Crippen molar-refractivity contribution in [3.8, 4) is 5.75 Å². The number of benzene rings is 2. The molecule has 1 fully saturated rings. The van der Waals surface area contributed by atoms with Crippen LogP contribution in [0.15, 0.2) is 47.4 Å². The third-order valence-corrected chi connectivity index (χ3v) is 9.96. The highest BCUT2D eigenvalue weighted by Gasteiger charge is 2.35. The van der Waals surface area contributed by atoms with E-state index in [0.717, 1.165) is 32.1 Å². The first-order chi connectivity index (χ1) is 19.0. The first-order valence-corrected chi connectivity index (χ1v) is 15.6. The molecule has 2 N–H and O–H groups in total. The van der Waals surface area contributed by atoms with E-state index in [1.165, 1.54) is 35.6 Å². The number of carbonyl (C=O) groups excluding carboxylic acids is 2. The SMILES string of the molecule is C[C@H](CO)N1C[C@H](C)[C@H](CN(C)S(=O)(=O)c2ccc(Cl)cc2)Oc2ccc(NC(=O)C3CCCCC3)cc2C1=O. The van der Waals surface area contributed by atoms with Crippen molar-refractivity contribution in [3.63, 3.8) is 0 Å². The zero-order chi connectivity index (χ0) is 29.0. The van der Waals surface area contributed by atoms with Gasteiger partial charge in [0.15, 0.2) is 0 Å². The Balaban J connectivity index is 1.62. The normalized spacial score (nSPS) is 21.2. The number of hydrogen-bond donors (Lipinski definition) is 2. The number of nitrogens with zero attached hydrogens (tertiary/aromatic N) is 2. The van der Waals surface area contributed by atoms with Crippen molar-refractivity contribution in [3.05, 3.63) is 53.1 Å². The molecule has 40 heavy (non-hydrogen) atoms. The van der Waals surface area contributed by atoms with E-state index in [1.54, 1.807) is 30.0 Å². The van der Waals surface area contributed by atoms with Gasteiger partial charge in [0.1, 0.15) is 11.9 Å². The van der Waals surface area contributed by atoms with E-state index in [-0.39, 0.29) is 53.8 Å². The Morgan fingerprint density at radius 1 is 1.18 bits per heavy atom. The minimum absolute atomic E-state index is 0.0290. The molecule has 2 amide bonds. The van der Waals surface area contributed by atoms with Crippen LogP contribution in [0.2, 0.25) is 5.02 Å². The fraction of sp³-hybridized carbons (Fsp3) is 0.517. The molecule has 1 aliphatic heterocycles. The molecule has 0 unspecified atom stereocenters. The van der Waals surface area contributed by atoms with Gasteiger partial charge in [-0.1, -0.05) is 37.8 Å². The summed E-state index contributed by atoms with van der Waals surface area (Å²) in [5, 5.41) is 13.3. The first-order valence-electron chi connectivity index (χ1n) is 13.8. The predicted molar refractivity (Wildman–Crippen MR) is 154 cm³/mol. The van der Waals surface area contributed by atoms with Gasteiger partial charge in [-0.3, -0.25) is 9.59 Å². The molecule has 1 aliphatic carbocycles. The Morgan fingerprint density at radius 3 is 2.50 bits per heavy atom. The van der Waals surface area contributed by atoms with Gasteiger partial charge in [-0.25, -0.2) is 8.42 Å². The van der Waals surface area contributed by atoms with Gasteiger partial charge in [0.05, 0.1) is 29.7 Å². The largest absolute Gasteiger partial charge is 0.488 e. The fourth-order valence-electron chi connectivity index (χ4n) is 5.27. The number of rotatable bonds is 8. The van der Waals surface area contributed by atoms with E-state index >= 15 is 0 Å². The number of carbonyl (C=O) groups is 2. The number of likely N-dealkylation sites (N-methyl/N-ethyl adjacent to an activating group) is 1. The second-order valence-electron chi connectivity index (χ2n) is 10.9. The van der Waals surface area contributed by atoms with Crippen LogP contribution in [0.5, 0.6) is 5.75 Å². The molecule has 0 aromatic heterocycles. The van der Waals surface area contributed by atoms with Crippen molar-refractivity contribution in [1.82, 2.24) is 9.21 Å². The number of halogens is 1. The molecule has 1 heterocycles. The van der Waals surface area contributed by atoms with E-state index in [9.17, 15) is 23.1 Å². The molecular formula is C29H38ClN3O6S. The number of amides is 2. The lowest BCUT2D eigenvalue weighted by Gasteiger charge is -2.38. The zero-order valence-corrected chi connectivity index (χ0v) is 24.7. The Labute approximate surface area is 241 Å². The van der Waals surface area contributed by atoms with Crippen LogP contribution in [0.3, 0.4) is 0 Å². The molecule has 1 saturated carbocycles. The van der Waals surface area contributed by atoms with Crippen LogP contribution in [-0.4, -0.2) is 73.4 Å². The molecule has 2 aliphatic rings. The number of anilines is 1. The number of aliphatic hydroxyl groups is 1. The lowest BCUT2D eigenvalue weighted by molar-refractivity contribution is -0.120. The summed E-state index contributed by atoms with van der Waals surface area (Å²) >= 11 is 5.94. The Bertz CT molecular complexity index is 1310. The van der Waals surface area contributed by atoms with Crippen LogP contribution >= 0.6 is 11.6 Å². The van der Waals surface area contributed by atoms with E-state index in [1.807, 2.05) is 6.92 Å². The molecule has 0 saturated heterocycles. The summed E-state index contributed by atoms with van der Waals surface area (Å²) in [4.78, 5) is 28.2. The molecule has 11 heteroatoms. The molecule has 0 radical (unpaired) electrons. The molecular weight excluding hydrogens is 554 g/mol. The zero-order valence-electron chi connectivity index (χ0n) is 23.2. The molecule has 2 aromatic carbocycles. The van der Waals surface area contributed by atoms with E-state index in [0.29, 0.717) is 16.5 Å². The summed E-state index contributed by atoms with van der Waals surface area (Å²) in [6, 6.07) is 10.4. The van der Waals surface area contributed by atoms with E-state index < -0.39 is 22.2 Å². The van der Waals surface area contributed by atoms with Crippen LogP contribution in [0.1, 0.15) is 56.3 Å². The Hall–Kier alpha value is -2.66. The quantitative estimate of drug-likeness (QED) is 0.470. The van der Waals surface area contributed by atoms with Crippen LogP contribution < -0.4 is 10.1 Å². The lowest BCUT2D eigenvalue weighted by atomic mass is 9.88. The third-order valence-electron chi connectivity index (χ3n) is 7.87. The number of nitrogens with one attached hydrogen (secondary N) is 1. The van der Waals surface area contributed by atoms with Gasteiger partial charge in [0, 0.05) is 36.1 Å². The third kappa shape index (κ3) is 6.79. The maximum Gasteiger partial charge on any atom is 0.258 e. The predicted octanol–water partition coefficient (Wildman–Crippen LogP) is 4.40. The number of hydrogen-bond acceptors (Lipinski definition) is 6. The van der Waals surface area contributed by atoms with Gasteiger partial charge < -0.3 is 20.1 Å². The van der Waals surface area contributed by atoms with Gasteiger partial charge in [0.25, 0.3) is 5.91 Å². The number of sulfonamides is 1. The average molecular weight is 592 g/mol. The second kappa shape index (κ2) is 12.9.